The second-order valence-electron chi connectivity index (χ2n) is 4.85. The van der Waals surface area contributed by atoms with Crippen LogP contribution in [0, 0.1) is 6.92 Å². The first kappa shape index (κ1) is 16.4. The molecule has 7 heteroatoms. The fraction of sp³-hybridized carbons (Fsp3) is 0.538. The summed E-state index contributed by atoms with van der Waals surface area (Å²) in [5.74, 6) is 0. The van der Waals surface area contributed by atoms with E-state index in [-0.39, 0.29) is 5.28 Å². The number of carbonyl (C=O) groups excluding carboxylic acids is 1. The van der Waals surface area contributed by atoms with Crippen LogP contribution in [-0.4, -0.2) is 31.4 Å². The largest absolute Gasteiger partial charge is 0.442 e. The number of rotatable bonds is 0. The van der Waals surface area contributed by atoms with Crippen LogP contribution in [0.2, 0.25) is 5.28 Å². The van der Waals surface area contributed by atoms with Gasteiger partial charge in [-0.1, -0.05) is 13.8 Å². The molecule has 0 atom stereocenters. The fourth-order valence-corrected chi connectivity index (χ4v) is 1.60. The number of fused-ring (bicyclic) bond motifs is 1. The minimum Gasteiger partial charge on any atom is -0.442 e. The molecule has 2 rings (SSSR count). The molecule has 0 aromatic carbocycles. The first-order chi connectivity index (χ1) is 9.28. The maximum Gasteiger partial charge on any atom is 0.435 e. The molecule has 0 aliphatic heterocycles. The SMILES string of the molecule is CC.Cc1nn(C(=O)OC(C)(C)C)c2cnc(Cl)nc12. The highest BCUT2D eigenvalue weighted by atomic mass is 35.5. The van der Waals surface area contributed by atoms with Crippen molar-refractivity contribution in [3.63, 3.8) is 0 Å². The lowest BCUT2D eigenvalue weighted by Crippen LogP contribution is -2.27. The highest BCUT2D eigenvalue weighted by Crippen LogP contribution is 2.18. The lowest BCUT2D eigenvalue weighted by molar-refractivity contribution is 0.0522. The van der Waals surface area contributed by atoms with Crippen LogP contribution in [0.25, 0.3) is 11.0 Å². The Morgan fingerprint density at radius 2 is 1.95 bits per heavy atom. The Morgan fingerprint density at radius 1 is 1.35 bits per heavy atom. The van der Waals surface area contributed by atoms with Gasteiger partial charge in [0.1, 0.15) is 16.6 Å². The maximum atomic E-state index is 12.0. The van der Waals surface area contributed by atoms with Gasteiger partial charge in [0, 0.05) is 0 Å². The molecule has 0 N–H and O–H groups in total. The van der Waals surface area contributed by atoms with Gasteiger partial charge >= 0.3 is 6.09 Å². The molecule has 0 spiro atoms. The predicted octanol–water partition coefficient (Wildman–Crippen LogP) is 3.60. The summed E-state index contributed by atoms with van der Waals surface area (Å²) < 4.78 is 6.39. The van der Waals surface area contributed by atoms with E-state index >= 15 is 0 Å². The first-order valence-electron chi connectivity index (χ1n) is 6.39. The van der Waals surface area contributed by atoms with E-state index in [0.29, 0.717) is 16.7 Å². The van der Waals surface area contributed by atoms with Gasteiger partial charge in [-0.25, -0.2) is 14.8 Å². The molecule has 0 aliphatic rings. The van der Waals surface area contributed by atoms with Gasteiger partial charge in [-0.3, -0.25) is 0 Å². The number of aromatic nitrogens is 4. The van der Waals surface area contributed by atoms with Crippen LogP contribution in [0.1, 0.15) is 40.3 Å². The van der Waals surface area contributed by atoms with E-state index in [1.807, 2.05) is 13.8 Å². The number of halogens is 1. The molecule has 2 aromatic rings. The van der Waals surface area contributed by atoms with Gasteiger partial charge in [-0.05, 0) is 39.3 Å². The van der Waals surface area contributed by atoms with Crippen molar-refractivity contribution in [2.45, 2.75) is 47.1 Å². The van der Waals surface area contributed by atoms with Gasteiger partial charge in [0.2, 0.25) is 5.28 Å². The number of ether oxygens (including phenoxy) is 1. The molecule has 0 unspecified atom stereocenters. The van der Waals surface area contributed by atoms with Crippen LogP contribution >= 0.6 is 11.6 Å². The Morgan fingerprint density at radius 3 is 2.50 bits per heavy atom. The molecule has 2 heterocycles. The molecule has 0 radical (unpaired) electrons. The lowest BCUT2D eigenvalue weighted by atomic mass is 10.2. The predicted molar refractivity (Wildman–Crippen MR) is 78.1 cm³/mol. The smallest absolute Gasteiger partial charge is 0.435 e. The molecule has 2 aromatic heterocycles. The second-order valence-corrected chi connectivity index (χ2v) is 5.19. The van der Waals surface area contributed by atoms with E-state index in [9.17, 15) is 4.79 Å². The number of carbonyl (C=O) groups is 1. The van der Waals surface area contributed by atoms with Crippen LogP contribution in [-0.2, 0) is 4.74 Å². The fourth-order valence-electron chi connectivity index (χ4n) is 1.47. The van der Waals surface area contributed by atoms with Crippen molar-refractivity contribution in [1.82, 2.24) is 19.7 Å². The van der Waals surface area contributed by atoms with Gasteiger partial charge < -0.3 is 4.74 Å². The van der Waals surface area contributed by atoms with Gasteiger partial charge in [0.05, 0.1) is 11.9 Å². The summed E-state index contributed by atoms with van der Waals surface area (Å²) in [5.41, 5.74) is 1.03. The van der Waals surface area contributed by atoms with E-state index in [4.69, 9.17) is 16.3 Å². The Balaban J connectivity index is 0.000000956. The zero-order chi connectivity index (χ0) is 15.5. The molecular formula is C13H19ClN4O2. The lowest BCUT2D eigenvalue weighted by Gasteiger charge is -2.19. The highest BCUT2D eigenvalue weighted by molar-refractivity contribution is 6.28. The maximum absolute atomic E-state index is 12.0. The second kappa shape index (κ2) is 6.17. The third-order valence-electron chi connectivity index (χ3n) is 2.13. The third-order valence-corrected chi connectivity index (χ3v) is 2.31. The summed E-state index contributed by atoms with van der Waals surface area (Å²) in [7, 11) is 0. The summed E-state index contributed by atoms with van der Waals surface area (Å²) >= 11 is 5.71. The zero-order valence-electron chi connectivity index (χ0n) is 12.6. The van der Waals surface area contributed by atoms with Gasteiger partial charge in [0.15, 0.2) is 0 Å². The van der Waals surface area contributed by atoms with E-state index in [1.54, 1.807) is 27.7 Å². The molecule has 0 amide bonds. The number of hydrogen-bond donors (Lipinski definition) is 0. The molecule has 20 heavy (non-hydrogen) atoms. The molecule has 0 saturated heterocycles. The normalized spacial score (nSPS) is 10.9. The summed E-state index contributed by atoms with van der Waals surface area (Å²) in [4.78, 5) is 19.8. The number of nitrogens with zero attached hydrogens (tertiary/aromatic N) is 4. The van der Waals surface area contributed by atoms with Crippen molar-refractivity contribution in [3.05, 3.63) is 17.2 Å². The van der Waals surface area contributed by atoms with Crippen LogP contribution in [0.3, 0.4) is 0 Å². The highest BCUT2D eigenvalue weighted by Gasteiger charge is 2.21. The van der Waals surface area contributed by atoms with Gasteiger partial charge in [-0.15, -0.1) is 0 Å². The van der Waals surface area contributed by atoms with E-state index in [2.05, 4.69) is 15.1 Å². The van der Waals surface area contributed by atoms with Crippen LogP contribution in [0.5, 0.6) is 0 Å². The van der Waals surface area contributed by atoms with E-state index < -0.39 is 11.7 Å². The Bertz CT molecular complexity index is 617. The summed E-state index contributed by atoms with van der Waals surface area (Å²) in [5, 5.41) is 4.22. The van der Waals surface area contributed by atoms with Crippen molar-refractivity contribution in [3.8, 4) is 0 Å². The monoisotopic (exact) mass is 298 g/mol. The minimum atomic E-state index is -0.587. The van der Waals surface area contributed by atoms with E-state index in [1.165, 1.54) is 6.20 Å². The summed E-state index contributed by atoms with van der Waals surface area (Å²) in [6, 6.07) is 0. The number of hydrogen-bond acceptors (Lipinski definition) is 5. The van der Waals surface area contributed by atoms with Crippen LogP contribution < -0.4 is 0 Å². The Hall–Kier alpha value is -1.69. The average Bonchev–Trinajstić information content (AvgIpc) is 2.67. The van der Waals surface area contributed by atoms with Crippen LogP contribution in [0.4, 0.5) is 4.79 Å². The standard InChI is InChI=1S/C11H13ClN4O2.C2H6/c1-6-8-7(5-13-9(12)14-8)16(15-6)10(17)18-11(2,3)4;1-2/h5H,1-4H3;1-2H3. The molecule has 110 valence electrons. The molecule has 0 fully saturated rings. The minimum absolute atomic E-state index is 0.120. The molecule has 0 saturated carbocycles. The average molecular weight is 299 g/mol. The molecule has 6 nitrogen and oxygen atoms in total. The van der Waals surface area contributed by atoms with Crippen molar-refractivity contribution in [2.24, 2.45) is 0 Å². The topological polar surface area (TPSA) is 69.9 Å². The van der Waals surface area contributed by atoms with Crippen LogP contribution in [0.15, 0.2) is 6.20 Å². The first-order valence-corrected chi connectivity index (χ1v) is 6.77. The quantitative estimate of drug-likeness (QED) is 0.695. The molecule has 0 bridgehead atoms. The Kier molecular flexibility index (Phi) is 5.05. The van der Waals surface area contributed by atoms with Crippen molar-refractivity contribution in [1.29, 1.82) is 0 Å². The van der Waals surface area contributed by atoms with Crippen molar-refractivity contribution >= 4 is 28.7 Å². The third kappa shape index (κ3) is 3.66. The van der Waals surface area contributed by atoms with E-state index in [0.717, 1.165) is 4.68 Å². The van der Waals surface area contributed by atoms with Gasteiger partial charge in [-0.2, -0.15) is 9.78 Å². The molecular weight excluding hydrogens is 280 g/mol. The zero-order valence-corrected chi connectivity index (χ0v) is 13.3. The molecule has 0 aliphatic carbocycles. The summed E-state index contributed by atoms with van der Waals surface area (Å²) in [6.45, 7) is 11.1. The summed E-state index contributed by atoms with van der Waals surface area (Å²) in [6.07, 6.45) is 0.890. The Labute approximate surface area is 123 Å². The van der Waals surface area contributed by atoms with Crippen molar-refractivity contribution in [2.75, 3.05) is 0 Å². The number of aryl methyl sites for hydroxylation is 1. The van der Waals surface area contributed by atoms with Gasteiger partial charge in [0.25, 0.3) is 0 Å². The van der Waals surface area contributed by atoms with Crippen molar-refractivity contribution < 1.29 is 9.53 Å².